The van der Waals surface area contributed by atoms with Crippen molar-refractivity contribution in [3.8, 4) is 5.75 Å². The molecule has 3 rings (SSSR count). The number of methoxy groups -OCH3 is 1. The van der Waals surface area contributed by atoms with Gasteiger partial charge in [0.1, 0.15) is 5.75 Å². The molecule has 0 spiro atoms. The van der Waals surface area contributed by atoms with Crippen molar-refractivity contribution in [1.82, 2.24) is 4.31 Å². The third kappa shape index (κ3) is 6.68. The van der Waals surface area contributed by atoms with Gasteiger partial charge in [-0.1, -0.05) is 30.3 Å². The fourth-order valence-corrected chi connectivity index (χ4v) is 4.91. The second kappa shape index (κ2) is 11.6. The summed E-state index contributed by atoms with van der Waals surface area (Å²) in [5.74, 6) is -0.401. The number of hydrogen-bond donors (Lipinski definition) is 1. The Morgan fingerprint density at radius 2 is 1.66 bits per heavy atom. The van der Waals surface area contributed by atoms with Gasteiger partial charge in [0.2, 0.25) is 15.9 Å². The third-order valence-corrected chi connectivity index (χ3v) is 6.99. The normalized spacial score (nSPS) is 11.2. The molecule has 1 amide bonds. The van der Waals surface area contributed by atoms with Gasteiger partial charge in [0, 0.05) is 12.2 Å². The number of hydrogen-bond acceptors (Lipinski definition) is 6. The zero-order valence-corrected chi connectivity index (χ0v) is 20.7. The molecule has 0 fully saturated rings. The van der Waals surface area contributed by atoms with Crippen LogP contribution in [-0.4, -0.2) is 44.9 Å². The number of ether oxygens (including phenoxy) is 2. The number of nitrogens with one attached hydrogen (secondary N) is 1. The smallest absolute Gasteiger partial charge is 0.338 e. The van der Waals surface area contributed by atoms with E-state index in [9.17, 15) is 18.0 Å². The number of carbonyl (C=O) groups is 2. The average Bonchev–Trinajstić information content (AvgIpc) is 2.84. The fraction of sp³-hybridized carbons (Fsp3) is 0.231. The maximum absolute atomic E-state index is 13.5. The molecule has 3 aromatic carbocycles. The van der Waals surface area contributed by atoms with E-state index in [1.54, 1.807) is 44.2 Å². The second-order valence-electron chi connectivity index (χ2n) is 7.74. The minimum absolute atomic E-state index is 0.0173. The molecular formula is C26H28N2O6S. The summed E-state index contributed by atoms with van der Waals surface area (Å²) in [6, 6.07) is 19.8. The predicted octanol–water partition coefficient (Wildman–Crippen LogP) is 4.01. The lowest BCUT2D eigenvalue weighted by Gasteiger charge is -2.22. The molecule has 0 unspecified atom stereocenters. The van der Waals surface area contributed by atoms with Gasteiger partial charge < -0.3 is 14.8 Å². The van der Waals surface area contributed by atoms with Crippen LogP contribution in [0.4, 0.5) is 5.69 Å². The van der Waals surface area contributed by atoms with E-state index in [0.717, 1.165) is 9.87 Å². The van der Waals surface area contributed by atoms with Crippen molar-refractivity contribution in [2.75, 3.05) is 25.6 Å². The van der Waals surface area contributed by atoms with Gasteiger partial charge in [0.25, 0.3) is 0 Å². The maximum atomic E-state index is 13.5. The van der Waals surface area contributed by atoms with Gasteiger partial charge in [-0.2, -0.15) is 4.31 Å². The van der Waals surface area contributed by atoms with E-state index in [1.807, 2.05) is 18.2 Å². The van der Waals surface area contributed by atoms with Crippen molar-refractivity contribution < 1.29 is 27.5 Å². The second-order valence-corrected chi connectivity index (χ2v) is 9.67. The number of aryl methyl sites for hydroxylation is 1. The highest BCUT2D eigenvalue weighted by atomic mass is 32.2. The SMILES string of the molecule is CCOC(=O)c1ccc(NC(=O)CN(Cc2ccccc2)S(=O)(=O)c2ccc(OC)c(C)c2)cc1. The molecule has 8 nitrogen and oxygen atoms in total. The van der Waals surface area contributed by atoms with Crippen molar-refractivity contribution in [2.45, 2.75) is 25.3 Å². The van der Waals surface area contributed by atoms with Crippen LogP contribution in [-0.2, 0) is 26.1 Å². The highest BCUT2D eigenvalue weighted by Gasteiger charge is 2.27. The number of amides is 1. The number of rotatable bonds is 10. The molecule has 1 N–H and O–H groups in total. The Balaban J connectivity index is 1.82. The van der Waals surface area contributed by atoms with Crippen LogP contribution in [0.1, 0.15) is 28.4 Å². The molecule has 0 heterocycles. The first-order valence-electron chi connectivity index (χ1n) is 11.0. The largest absolute Gasteiger partial charge is 0.496 e. The Hall–Kier alpha value is -3.69. The molecule has 0 atom stereocenters. The van der Waals surface area contributed by atoms with E-state index in [2.05, 4.69) is 5.32 Å². The molecule has 9 heteroatoms. The lowest BCUT2D eigenvalue weighted by atomic mass is 10.2. The highest BCUT2D eigenvalue weighted by Crippen LogP contribution is 2.25. The summed E-state index contributed by atoms with van der Waals surface area (Å²) < 4.78 is 38.3. The van der Waals surface area contributed by atoms with Crippen LogP contribution in [0.25, 0.3) is 0 Å². The number of benzene rings is 3. The van der Waals surface area contributed by atoms with Gasteiger partial charge in [-0.3, -0.25) is 4.79 Å². The molecule has 0 aliphatic rings. The average molecular weight is 497 g/mol. The Bertz CT molecular complexity index is 1270. The molecule has 184 valence electrons. The summed E-state index contributed by atoms with van der Waals surface area (Å²) >= 11 is 0. The van der Waals surface area contributed by atoms with Crippen molar-refractivity contribution >= 4 is 27.6 Å². The molecule has 0 saturated heterocycles. The van der Waals surface area contributed by atoms with Crippen LogP contribution >= 0.6 is 0 Å². The van der Waals surface area contributed by atoms with Gasteiger partial charge in [-0.25, -0.2) is 13.2 Å². The maximum Gasteiger partial charge on any atom is 0.338 e. The van der Waals surface area contributed by atoms with E-state index < -0.39 is 28.4 Å². The van der Waals surface area contributed by atoms with Crippen LogP contribution in [0.5, 0.6) is 5.75 Å². The first kappa shape index (κ1) is 25.9. The van der Waals surface area contributed by atoms with Crippen molar-refractivity contribution in [2.24, 2.45) is 0 Å². The van der Waals surface area contributed by atoms with E-state index in [-0.39, 0.29) is 18.0 Å². The Labute approximate surface area is 205 Å². The first-order chi connectivity index (χ1) is 16.7. The summed E-state index contributed by atoms with van der Waals surface area (Å²) in [4.78, 5) is 24.7. The summed E-state index contributed by atoms with van der Waals surface area (Å²) in [5, 5.41) is 2.69. The fourth-order valence-electron chi connectivity index (χ4n) is 3.44. The molecule has 0 radical (unpaired) electrons. The monoisotopic (exact) mass is 496 g/mol. The van der Waals surface area contributed by atoms with E-state index in [4.69, 9.17) is 9.47 Å². The summed E-state index contributed by atoms with van der Waals surface area (Å²) in [6.45, 7) is 3.35. The lowest BCUT2D eigenvalue weighted by molar-refractivity contribution is -0.116. The minimum Gasteiger partial charge on any atom is -0.496 e. The molecule has 0 aromatic heterocycles. The topological polar surface area (TPSA) is 102 Å². The number of sulfonamides is 1. The first-order valence-corrected chi connectivity index (χ1v) is 12.4. The molecular weight excluding hydrogens is 468 g/mol. The van der Waals surface area contributed by atoms with Crippen molar-refractivity contribution in [3.63, 3.8) is 0 Å². The van der Waals surface area contributed by atoms with E-state index in [0.29, 0.717) is 22.6 Å². The van der Waals surface area contributed by atoms with Gasteiger partial charge in [-0.15, -0.1) is 0 Å². The highest BCUT2D eigenvalue weighted by molar-refractivity contribution is 7.89. The molecule has 0 aliphatic carbocycles. The van der Waals surface area contributed by atoms with Gasteiger partial charge >= 0.3 is 5.97 Å². The molecule has 0 aliphatic heterocycles. The summed E-state index contributed by atoms with van der Waals surface area (Å²) in [5.41, 5.74) is 2.20. The summed E-state index contributed by atoms with van der Waals surface area (Å²) in [7, 11) is -2.49. The van der Waals surface area contributed by atoms with Gasteiger partial charge in [0.05, 0.1) is 30.7 Å². The number of nitrogens with zero attached hydrogens (tertiary/aromatic N) is 1. The Morgan fingerprint density at radius 1 is 0.971 bits per heavy atom. The number of carbonyl (C=O) groups excluding carboxylic acids is 2. The van der Waals surface area contributed by atoms with Gasteiger partial charge in [-0.05, 0) is 67.4 Å². The zero-order valence-electron chi connectivity index (χ0n) is 19.9. The van der Waals surface area contributed by atoms with E-state index in [1.165, 1.54) is 31.4 Å². The van der Waals surface area contributed by atoms with Crippen LogP contribution in [0, 0.1) is 6.92 Å². The lowest BCUT2D eigenvalue weighted by Crippen LogP contribution is -2.37. The Morgan fingerprint density at radius 3 is 2.26 bits per heavy atom. The van der Waals surface area contributed by atoms with Crippen LogP contribution in [0.2, 0.25) is 0 Å². The van der Waals surface area contributed by atoms with Crippen LogP contribution < -0.4 is 10.1 Å². The number of esters is 1. The quantitative estimate of drug-likeness (QED) is 0.426. The molecule has 0 bridgehead atoms. The van der Waals surface area contributed by atoms with Gasteiger partial charge in [0.15, 0.2) is 0 Å². The Kier molecular flexibility index (Phi) is 8.62. The summed E-state index contributed by atoms with van der Waals surface area (Å²) in [6.07, 6.45) is 0. The predicted molar refractivity (Wildman–Crippen MR) is 133 cm³/mol. The van der Waals surface area contributed by atoms with Crippen molar-refractivity contribution in [3.05, 3.63) is 89.5 Å². The third-order valence-electron chi connectivity index (χ3n) is 5.21. The zero-order chi connectivity index (χ0) is 25.4. The molecule has 35 heavy (non-hydrogen) atoms. The van der Waals surface area contributed by atoms with Crippen LogP contribution in [0.15, 0.2) is 77.7 Å². The van der Waals surface area contributed by atoms with Crippen molar-refractivity contribution in [1.29, 1.82) is 0 Å². The standard InChI is InChI=1S/C26H28N2O6S/c1-4-34-26(30)21-10-12-22(13-11-21)27-25(29)18-28(17-20-8-6-5-7-9-20)35(31,32)23-14-15-24(33-3)19(2)16-23/h5-16H,4,17-18H2,1-3H3,(H,27,29). The number of anilines is 1. The molecule has 0 saturated carbocycles. The van der Waals surface area contributed by atoms with E-state index >= 15 is 0 Å². The molecule has 3 aromatic rings. The minimum atomic E-state index is -4.00. The van der Waals surface area contributed by atoms with Crippen LogP contribution in [0.3, 0.4) is 0 Å².